The highest BCUT2D eigenvalue weighted by Gasteiger charge is 2.14. The number of rotatable bonds is 4. The minimum absolute atomic E-state index is 0.524. The van der Waals surface area contributed by atoms with E-state index in [9.17, 15) is 0 Å². The number of hydrogen-bond donors (Lipinski definition) is 0. The molecule has 1 unspecified atom stereocenters. The van der Waals surface area contributed by atoms with E-state index in [0.29, 0.717) is 17.8 Å². The first kappa shape index (κ1) is 11.4. The Morgan fingerprint density at radius 2 is 1.71 bits per heavy atom. The van der Waals surface area contributed by atoms with E-state index in [1.807, 2.05) is 0 Å². The van der Waals surface area contributed by atoms with Gasteiger partial charge in [0, 0.05) is 12.3 Å². The SMILES string of the molecule is CC(C)Cc1ccc(C(C)C(C)C)o1. The average Bonchev–Trinajstić information content (AvgIpc) is 2.50. The zero-order chi connectivity index (χ0) is 10.7. The summed E-state index contributed by atoms with van der Waals surface area (Å²) in [6, 6.07) is 4.25. The highest BCUT2D eigenvalue weighted by atomic mass is 16.3. The quantitative estimate of drug-likeness (QED) is 0.698. The maximum atomic E-state index is 5.82. The lowest BCUT2D eigenvalue weighted by atomic mass is 9.96. The number of hydrogen-bond acceptors (Lipinski definition) is 1. The van der Waals surface area contributed by atoms with Crippen molar-refractivity contribution in [1.82, 2.24) is 0 Å². The van der Waals surface area contributed by atoms with Crippen molar-refractivity contribution in [3.8, 4) is 0 Å². The molecule has 0 radical (unpaired) electrons. The molecule has 0 spiro atoms. The molecule has 14 heavy (non-hydrogen) atoms. The van der Waals surface area contributed by atoms with Gasteiger partial charge >= 0.3 is 0 Å². The van der Waals surface area contributed by atoms with Crippen LogP contribution in [0.1, 0.15) is 52.1 Å². The van der Waals surface area contributed by atoms with Crippen LogP contribution in [-0.4, -0.2) is 0 Å². The van der Waals surface area contributed by atoms with Gasteiger partial charge in [-0.2, -0.15) is 0 Å². The molecule has 1 rings (SSSR count). The van der Waals surface area contributed by atoms with E-state index < -0.39 is 0 Å². The van der Waals surface area contributed by atoms with E-state index in [1.54, 1.807) is 0 Å². The molecular weight excluding hydrogens is 172 g/mol. The van der Waals surface area contributed by atoms with Crippen LogP contribution >= 0.6 is 0 Å². The standard InChI is InChI=1S/C13H22O/c1-9(2)8-12-6-7-13(14-12)11(5)10(3)4/h6-7,9-11H,8H2,1-5H3. The zero-order valence-electron chi connectivity index (χ0n) is 10.0. The van der Waals surface area contributed by atoms with Gasteiger partial charge in [-0.1, -0.05) is 34.6 Å². The Labute approximate surface area is 87.5 Å². The lowest BCUT2D eigenvalue weighted by Crippen LogP contribution is -2.00. The van der Waals surface area contributed by atoms with E-state index in [1.165, 1.54) is 0 Å². The van der Waals surface area contributed by atoms with Gasteiger partial charge in [0.15, 0.2) is 0 Å². The molecule has 0 bridgehead atoms. The molecule has 1 atom stereocenters. The molecule has 0 saturated heterocycles. The Hall–Kier alpha value is -0.720. The molecule has 0 amide bonds. The van der Waals surface area contributed by atoms with E-state index in [0.717, 1.165) is 17.9 Å². The summed E-state index contributed by atoms with van der Waals surface area (Å²) in [5.74, 6) is 4.10. The summed E-state index contributed by atoms with van der Waals surface area (Å²) in [4.78, 5) is 0. The van der Waals surface area contributed by atoms with Crippen LogP contribution in [0.5, 0.6) is 0 Å². The minimum Gasteiger partial charge on any atom is -0.466 e. The van der Waals surface area contributed by atoms with Gasteiger partial charge in [-0.15, -0.1) is 0 Å². The van der Waals surface area contributed by atoms with Crippen molar-refractivity contribution in [3.05, 3.63) is 23.7 Å². The van der Waals surface area contributed by atoms with Crippen LogP contribution in [0, 0.1) is 11.8 Å². The van der Waals surface area contributed by atoms with Crippen LogP contribution in [0.4, 0.5) is 0 Å². The normalized spacial score (nSPS) is 13.9. The van der Waals surface area contributed by atoms with Crippen LogP contribution in [0.15, 0.2) is 16.5 Å². The van der Waals surface area contributed by atoms with Crippen LogP contribution in [-0.2, 0) is 6.42 Å². The van der Waals surface area contributed by atoms with Crippen molar-refractivity contribution < 1.29 is 4.42 Å². The van der Waals surface area contributed by atoms with Gasteiger partial charge in [0.25, 0.3) is 0 Å². The van der Waals surface area contributed by atoms with Crippen molar-refractivity contribution in [1.29, 1.82) is 0 Å². The first-order chi connectivity index (χ1) is 6.50. The van der Waals surface area contributed by atoms with E-state index >= 15 is 0 Å². The molecule has 0 aliphatic carbocycles. The van der Waals surface area contributed by atoms with Crippen molar-refractivity contribution in [2.45, 2.75) is 47.0 Å². The third kappa shape index (κ3) is 2.90. The molecule has 0 aromatic carbocycles. The molecule has 1 aromatic heterocycles. The van der Waals surface area contributed by atoms with Gasteiger partial charge < -0.3 is 4.42 Å². The minimum atomic E-state index is 0.524. The highest BCUT2D eigenvalue weighted by molar-refractivity contribution is 5.11. The molecule has 0 saturated carbocycles. The Morgan fingerprint density at radius 3 is 2.21 bits per heavy atom. The van der Waals surface area contributed by atoms with Crippen molar-refractivity contribution in [2.75, 3.05) is 0 Å². The summed E-state index contributed by atoms with van der Waals surface area (Å²) in [5, 5.41) is 0. The monoisotopic (exact) mass is 194 g/mol. The highest BCUT2D eigenvalue weighted by Crippen LogP contribution is 2.26. The van der Waals surface area contributed by atoms with Gasteiger partial charge in [-0.3, -0.25) is 0 Å². The third-order valence-electron chi connectivity index (χ3n) is 2.74. The predicted molar refractivity (Wildman–Crippen MR) is 60.5 cm³/mol. The maximum Gasteiger partial charge on any atom is 0.107 e. The Kier molecular flexibility index (Phi) is 3.79. The second-order valence-corrected chi connectivity index (χ2v) is 4.93. The smallest absolute Gasteiger partial charge is 0.107 e. The fourth-order valence-electron chi connectivity index (χ4n) is 1.48. The molecule has 0 N–H and O–H groups in total. The number of furan rings is 1. The summed E-state index contributed by atoms with van der Waals surface area (Å²) in [7, 11) is 0. The average molecular weight is 194 g/mol. The fourth-order valence-corrected chi connectivity index (χ4v) is 1.48. The largest absolute Gasteiger partial charge is 0.466 e. The predicted octanol–water partition coefficient (Wildman–Crippen LogP) is 4.24. The second-order valence-electron chi connectivity index (χ2n) is 4.93. The summed E-state index contributed by atoms with van der Waals surface area (Å²) >= 11 is 0. The second kappa shape index (κ2) is 4.68. The van der Waals surface area contributed by atoms with Gasteiger partial charge in [-0.25, -0.2) is 0 Å². The van der Waals surface area contributed by atoms with E-state index in [-0.39, 0.29) is 0 Å². The van der Waals surface area contributed by atoms with E-state index in [2.05, 4.69) is 46.8 Å². The first-order valence-corrected chi connectivity index (χ1v) is 5.59. The zero-order valence-corrected chi connectivity index (χ0v) is 10.0. The molecule has 80 valence electrons. The molecule has 0 fully saturated rings. The molecule has 1 heteroatoms. The van der Waals surface area contributed by atoms with E-state index in [4.69, 9.17) is 4.42 Å². The van der Waals surface area contributed by atoms with Crippen molar-refractivity contribution >= 4 is 0 Å². The molecule has 0 aliphatic rings. The van der Waals surface area contributed by atoms with Crippen molar-refractivity contribution in [3.63, 3.8) is 0 Å². The molecule has 1 nitrogen and oxygen atoms in total. The van der Waals surface area contributed by atoms with Gasteiger partial charge in [-0.05, 0) is 24.0 Å². The summed E-state index contributed by atoms with van der Waals surface area (Å²) in [6.07, 6.45) is 1.05. The van der Waals surface area contributed by atoms with Crippen LogP contribution in [0.3, 0.4) is 0 Å². The molecule has 1 aromatic rings. The van der Waals surface area contributed by atoms with Gasteiger partial charge in [0.2, 0.25) is 0 Å². The molecule has 1 heterocycles. The van der Waals surface area contributed by atoms with Gasteiger partial charge in [0.05, 0.1) is 0 Å². The Balaban J connectivity index is 2.67. The first-order valence-electron chi connectivity index (χ1n) is 5.59. The molecule has 0 aliphatic heterocycles. The summed E-state index contributed by atoms with van der Waals surface area (Å²) in [5.41, 5.74) is 0. The fraction of sp³-hybridized carbons (Fsp3) is 0.692. The third-order valence-corrected chi connectivity index (χ3v) is 2.74. The summed E-state index contributed by atoms with van der Waals surface area (Å²) < 4.78 is 5.82. The molecular formula is C13H22O. The topological polar surface area (TPSA) is 13.1 Å². The van der Waals surface area contributed by atoms with Crippen LogP contribution < -0.4 is 0 Å². The van der Waals surface area contributed by atoms with Gasteiger partial charge in [0.1, 0.15) is 11.5 Å². The van der Waals surface area contributed by atoms with Crippen LogP contribution in [0.2, 0.25) is 0 Å². The Bertz CT molecular complexity index is 271. The van der Waals surface area contributed by atoms with Crippen LogP contribution in [0.25, 0.3) is 0 Å². The van der Waals surface area contributed by atoms with Crippen molar-refractivity contribution in [2.24, 2.45) is 11.8 Å². The Morgan fingerprint density at radius 1 is 1.07 bits per heavy atom. The summed E-state index contributed by atoms with van der Waals surface area (Å²) in [6.45, 7) is 11.1. The lowest BCUT2D eigenvalue weighted by Gasteiger charge is -2.12. The maximum absolute atomic E-state index is 5.82. The lowest BCUT2D eigenvalue weighted by molar-refractivity contribution is 0.383.